The van der Waals surface area contributed by atoms with Gasteiger partial charge in [0, 0.05) is 5.56 Å². The van der Waals surface area contributed by atoms with E-state index in [1.54, 1.807) is 12.1 Å². The first-order valence-electron chi connectivity index (χ1n) is 4.72. The predicted molar refractivity (Wildman–Crippen MR) is 62.1 cm³/mol. The monoisotopic (exact) mass is 238 g/mol. The molecular formula is C12H11ClO3. The summed E-state index contributed by atoms with van der Waals surface area (Å²) in [5.41, 5.74) is 0.359. The summed E-state index contributed by atoms with van der Waals surface area (Å²) in [5.74, 6) is 3.32. The average molecular weight is 239 g/mol. The molecule has 1 aromatic carbocycles. The minimum atomic E-state index is -0.538. The lowest BCUT2D eigenvalue weighted by molar-refractivity contribution is 0.108. The average Bonchev–Trinajstić information content (AvgIpc) is 2.27. The van der Waals surface area contributed by atoms with Crippen molar-refractivity contribution in [3.05, 3.63) is 23.8 Å². The fourth-order valence-corrected chi connectivity index (χ4v) is 1.25. The zero-order valence-electron chi connectivity index (χ0n) is 8.83. The second kappa shape index (κ2) is 6.04. The van der Waals surface area contributed by atoms with E-state index in [0.29, 0.717) is 23.7 Å². The standard InChI is InChI=1S/C12H11ClO3/c1-3-7-16-10-6-5-9(12(13)14)8-11(10)15-4-2/h1,5-6,8H,4,7H2,2H3. The number of hydrogen-bond donors (Lipinski definition) is 0. The van der Waals surface area contributed by atoms with Gasteiger partial charge in [0.15, 0.2) is 11.5 Å². The SMILES string of the molecule is C#CCOc1ccc(C(=O)Cl)cc1OCC. The molecule has 0 aliphatic heterocycles. The molecule has 0 spiro atoms. The van der Waals surface area contributed by atoms with Gasteiger partial charge in [-0.1, -0.05) is 5.92 Å². The molecule has 0 fully saturated rings. The fraction of sp³-hybridized carbons (Fsp3) is 0.250. The smallest absolute Gasteiger partial charge is 0.252 e. The summed E-state index contributed by atoms with van der Waals surface area (Å²) in [6.45, 7) is 2.45. The quantitative estimate of drug-likeness (QED) is 0.584. The number of carbonyl (C=O) groups excluding carboxylic acids is 1. The molecule has 1 aromatic rings. The molecule has 3 nitrogen and oxygen atoms in total. The Labute approximate surface area is 99.3 Å². The van der Waals surface area contributed by atoms with Crippen LogP contribution in [0.4, 0.5) is 0 Å². The van der Waals surface area contributed by atoms with E-state index in [-0.39, 0.29) is 6.61 Å². The predicted octanol–water partition coefficient (Wildman–Crippen LogP) is 2.48. The number of benzene rings is 1. The highest BCUT2D eigenvalue weighted by atomic mass is 35.5. The van der Waals surface area contributed by atoms with Crippen LogP contribution in [-0.4, -0.2) is 18.5 Å². The zero-order chi connectivity index (χ0) is 12.0. The Kier molecular flexibility index (Phi) is 4.68. The van der Waals surface area contributed by atoms with Crippen molar-refractivity contribution in [1.29, 1.82) is 0 Å². The molecule has 0 aliphatic carbocycles. The van der Waals surface area contributed by atoms with Gasteiger partial charge in [0.25, 0.3) is 5.24 Å². The molecule has 0 saturated heterocycles. The van der Waals surface area contributed by atoms with E-state index in [4.69, 9.17) is 27.5 Å². The lowest BCUT2D eigenvalue weighted by Gasteiger charge is -2.10. The van der Waals surface area contributed by atoms with E-state index in [1.807, 2.05) is 6.92 Å². The van der Waals surface area contributed by atoms with Crippen LogP contribution in [0, 0.1) is 12.3 Å². The van der Waals surface area contributed by atoms with Crippen LogP contribution in [0.15, 0.2) is 18.2 Å². The number of carbonyl (C=O) groups is 1. The van der Waals surface area contributed by atoms with Crippen molar-refractivity contribution in [3.8, 4) is 23.8 Å². The van der Waals surface area contributed by atoms with Gasteiger partial charge in [-0.05, 0) is 36.7 Å². The molecule has 0 radical (unpaired) electrons. The molecule has 0 heterocycles. The van der Waals surface area contributed by atoms with Crippen LogP contribution in [0.3, 0.4) is 0 Å². The Bertz CT molecular complexity index is 421. The highest BCUT2D eigenvalue weighted by molar-refractivity contribution is 6.67. The lowest BCUT2D eigenvalue weighted by Crippen LogP contribution is -2.00. The summed E-state index contributed by atoms with van der Waals surface area (Å²) in [4.78, 5) is 11.0. The Morgan fingerprint density at radius 2 is 2.19 bits per heavy atom. The Hall–Kier alpha value is -1.66. The number of rotatable bonds is 5. The third kappa shape index (κ3) is 3.18. The van der Waals surface area contributed by atoms with Gasteiger partial charge in [-0.25, -0.2) is 0 Å². The minimum absolute atomic E-state index is 0.147. The molecular weight excluding hydrogens is 228 g/mol. The molecule has 0 N–H and O–H groups in total. The van der Waals surface area contributed by atoms with Crippen LogP contribution in [0.25, 0.3) is 0 Å². The maximum atomic E-state index is 11.0. The molecule has 0 amide bonds. The number of hydrogen-bond acceptors (Lipinski definition) is 3. The molecule has 0 atom stereocenters. The molecule has 0 aliphatic rings. The van der Waals surface area contributed by atoms with E-state index in [2.05, 4.69) is 5.92 Å². The van der Waals surface area contributed by atoms with Crippen LogP contribution in [0.5, 0.6) is 11.5 Å². The van der Waals surface area contributed by atoms with Crippen molar-refractivity contribution in [2.75, 3.05) is 13.2 Å². The van der Waals surface area contributed by atoms with Gasteiger partial charge >= 0.3 is 0 Å². The van der Waals surface area contributed by atoms with Gasteiger partial charge in [0.2, 0.25) is 0 Å². The number of terminal acetylenes is 1. The maximum Gasteiger partial charge on any atom is 0.252 e. The summed E-state index contributed by atoms with van der Waals surface area (Å²) in [5, 5.41) is -0.538. The van der Waals surface area contributed by atoms with E-state index < -0.39 is 5.24 Å². The van der Waals surface area contributed by atoms with Crippen LogP contribution < -0.4 is 9.47 Å². The Balaban J connectivity index is 2.99. The highest BCUT2D eigenvalue weighted by Gasteiger charge is 2.09. The van der Waals surface area contributed by atoms with E-state index >= 15 is 0 Å². The van der Waals surface area contributed by atoms with Crippen LogP contribution in [0.2, 0.25) is 0 Å². The van der Waals surface area contributed by atoms with Gasteiger partial charge in [-0.2, -0.15) is 0 Å². The van der Waals surface area contributed by atoms with E-state index in [9.17, 15) is 4.79 Å². The molecule has 16 heavy (non-hydrogen) atoms. The van der Waals surface area contributed by atoms with Crippen LogP contribution >= 0.6 is 11.6 Å². The lowest BCUT2D eigenvalue weighted by atomic mass is 10.2. The first-order chi connectivity index (χ1) is 7.69. The van der Waals surface area contributed by atoms with Crippen molar-refractivity contribution in [1.82, 2.24) is 0 Å². The van der Waals surface area contributed by atoms with Gasteiger partial charge < -0.3 is 9.47 Å². The fourth-order valence-electron chi connectivity index (χ4n) is 1.14. The summed E-state index contributed by atoms with van der Waals surface area (Å²) >= 11 is 5.36. The van der Waals surface area contributed by atoms with Crippen molar-refractivity contribution >= 4 is 16.8 Å². The second-order valence-corrected chi connectivity index (χ2v) is 3.20. The van der Waals surface area contributed by atoms with Crippen LogP contribution in [0.1, 0.15) is 17.3 Å². The van der Waals surface area contributed by atoms with Crippen LogP contribution in [-0.2, 0) is 0 Å². The zero-order valence-corrected chi connectivity index (χ0v) is 9.58. The minimum Gasteiger partial charge on any atom is -0.490 e. The number of ether oxygens (including phenoxy) is 2. The van der Waals surface area contributed by atoms with Crippen molar-refractivity contribution < 1.29 is 14.3 Å². The molecule has 0 unspecified atom stereocenters. The molecule has 4 heteroatoms. The Morgan fingerprint density at radius 1 is 1.44 bits per heavy atom. The maximum absolute atomic E-state index is 11.0. The summed E-state index contributed by atoms with van der Waals surface area (Å²) in [7, 11) is 0. The summed E-state index contributed by atoms with van der Waals surface area (Å²) < 4.78 is 10.6. The topological polar surface area (TPSA) is 35.5 Å². The normalized spacial score (nSPS) is 9.31. The van der Waals surface area contributed by atoms with Gasteiger partial charge in [0.1, 0.15) is 6.61 Å². The highest BCUT2D eigenvalue weighted by Crippen LogP contribution is 2.28. The molecule has 1 rings (SSSR count). The molecule has 0 aromatic heterocycles. The summed E-state index contributed by atoms with van der Waals surface area (Å²) in [6.07, 6.45) is 5.09. The van der Waals surface area contributed by atoms with E-state index in [1.165, 1.54) is 6.07 Å². The Morgan fingerprint density at radius 3 is 2.75 bits per heavy atom. The second-order valence-electron chi connectivity index (χ2n) is 2.86. The molecule has 0 bridgehead atoms. The molecule has 84 valence electrons. The first kappa shape index (κ1) is 12.4. The third-order valence-corrected chi connectivity index (χ3v) is 2.00. The number of halogens is 1. The largest absolute Gasteiger partial charge is 0.490 e. The van der Waals surface area contributed by atoms with E-state index in [0.717, 1.165) is 0 Å². The van der Waals surface area contributed by atoms with Gasteiger partial charge in [-0.3, -0.25) is 4.79 Å². The van der Waals surface area contributed by atoms with Gasteiger partial charge in [0.05, 0.1) is 6.61 Å². The van der Waals surface area contributed by atoms with Crippen molar-refractivity contribution in [3.63, 3.8) is 0 Å². The first-order valence-corrected chi connectivity index (χ1v) is 5.09. The van der Waals surface area contributed by atoms with Gasteiger partial charge in [-0.15, -0.1) is 6.42 Å². The van der Waals surface area contributed by atoms with Crippen molar-refractivity contribution in [2.24, 2.45) is 0 Å². The summed E-state index contributed by atoms with van der Waals surface area (Å²) in [6, 6.07) is 4.70. The molecule has 0 saturated carbocycles. The third-order valence-electron chi connectivity index (χ3n) is 1.78. The van der Waals surface area contributed by atoms with Crippen molar-refractivity contribution in [2.45, 2.75) is 6.92 Å².